The maximum atomic E-state index is 12.8. The number of carbonyl (C=O) groups excluding carboxylic acids is 1. The number of nitrogens with zero attached hydrogens (tertiary/aromatic N) is 2. The molecule has 3 heterocycles. The van der Waals surface area contributed by atoms with E-state index < -0.39 is 5.97 Å². The molecule has 0 spiro atoms. The molecule has 0 amide bonds. The summed E-state index contributed by atoms with van der Waals surface area (Å²) in [5, 5.41) is 11.3. The molecule has 2 aromatic rings. The van der Waals surface area contributed by atoms with Crippen LogP contribution in [0, 0.1) is 19.8 Å². The highest BCUT2D eigenvalue weighted by molar-refractivity contribution is 7.09. The number of aliphatic carboxylic acids is 1. The summed E-state index contributed by atoms with van der Waals surface area (Å²) in [5.74, 6) is -1.02. The molecule has 1 saturated heterocycles. The maximum absolute atomic E-state index is 12.8. The van der Waals surface area contributed by atoms with Crippen LogP contribution in [0.15, 0.2) is 23.6 Å². The third kappa shape index (κ3) is 4.24. The van der Waals surface area contributed by atoms with Crippen LogP contribution in [-0.2, 0) is 17.8 Å². The first kappa shape index (κ1) is 18.9. The van der Waals surface area contributed by atoms with Crippen molar-refractivity contribution in [2.24, 2.45) is 5.92 Å². The molecule has 0 bridgehead atoms. The monoisotopic (exact) mass is 374 g/mol. The second-order valence-electron chi connectivity index (χ2n) is 7.10. The van der Waals surface area contributed by atoms with Crippen LogP contribution in [0.3, 0.4) is 0 Å². The van der Waals surface area contributed by atoms with E-state index in [0.717, 1.165) is 42.9 Å². The zero-order valence-corrected chi connectivity index (χ0v) is 16.2. The zero-order chi connectivity index (χ0) is 18.7. The van der Waals surface area contributed by atoms with Crippen molar-refractivity contribution in [3.8, 4) is 0 Å². The van der Waals surface area contributed by atoms with Crippen LogP contribution in [0.25, 0.3) is 0 Å². The first-order chi connectivity index (χ1) is 12.5. The van der Waals surface area contributed by atoms with Crippen molar-refractivity contribution in [3.05, 3.63) is 45.4 Å². The van der Waals surface area contributed by atoms with Gasteiger partial charge in [-0.05, 0) is 57.2 Å². The van der Waals surface area contributed by atoms with Crippen LogP contribution in [0.5, 0.6) is 0 Å². The second kappa shape index (κ2) is 8.18. The van der Waals surface area contributed by atoms with E-state index in [0.29, 0.717) is 19.5 Å². The SMILES string of the molecule is Cc1cc(C(=O)CN2CCCC(C(=O)O)C2)c(C)n1CCc1cccs1. The van der Waals surface area contributed by atoms with E-state index in [2.05, 4.69) is 22.1 Å². The number of piperidine rings is 1. The van der Waals surface area contributed by atoms with E-state index in [1.807, 2.05) is 24.8 Å². The van der Waals surface area contributed by atoms with Crippen LogP contribution in [0.1, 0.15) is 39.5 Å². The highest BCUT2D eigenvalue weighted by Crippen LogP contribution is 2.21. The van der Waals surface area contributed by atoms with Crippen molar-refractivity contribution in [1.82, 2.24) is 9.47 Å². The lowest BCUT2D eigenvalue weighted by Crippen LogP contribution is -2.41. The van der Waals surface area contributed by atoms with Gasteiger partial charge in [-0.15, -0.1) is 11.3 Å². The Hall–Kier alpha value is -1.92. The molecular weight excluding hydrogens is 348 g/mol. The van der Waals surface area contributed by atoms with Gasteiger partial charge in [0.25, 0.3) is 0 Å². The fraction of sp³-hybridized carbons (Fsp3) is 0.500. The normalized spacial score (nSPS) is 18.2. The lowest BCUT2D eigenvalue weighted by molar-refractivity contribution is -0.143. The fourth-order valence-corrected chi connectivity index (χ4v) is 4.49. The minimum atomic E-state index is -0.756. The number of ketones is 1. The Labute approximate surface area is 158 Å². The van der Waals surface area contributed by atoms with Gasteiger partial charge in [0.1, 0.15) is 0 Å². The number of hydrogen-bond acceptors (Lipinski definition) is 4. The average molecular weight is 375 g/mol. The number of aryl methyl sites for hydroxylation is 2. The molecule has 140 valence electrons. The molecule has 1 aliphatic rings. The zero-order valence-electron chi connectivity index (χ0n) is 15.4. The summed E-state index contributed by atoms with van der Waals surface area (Å²) in [4.78, 5) is 27.4. The highest BCUT2D eigenvalue weighted by Gasteiger charge is 2.27. The van der Waals surface area contributed by atoms with Gasteiger partial charge >= 0.3 is 5.97 Å². The molecule has 26 heavy (non-hydrogen) atoms. The quantitative estimate of drug-likeness (QED) is 0.755. The first-order valence-electron chi connectivity index (χ1n) is 9.13. The van der Waals surface area contributed by atoms with Gasteiger partial charge in [0, 0.05) is 34.9 Å². The lowest BCUT2D eigenvalue weighted by atomic mass is 9.98. The third-order valence-electron chi connectivity index (χ3n) is 5.26. The largest absolute Gasteiger partial charge is 0.481 e. The summed E-state index contributed by atoms with van der Waals surface area (Å²) in [6.45, 7) is 6.49. The van der Waals surface area contributed by atoms with Crippen molar-refractivity contribution in [1.29, 1.82) is 0 Å². The molecular formula is C20H26N2O3S. The molecule has 6 heteroatoms. The Morgan fingerprint density at radius 3 is 2.85 bits per heavy atom. The molecule has 3 rings (SSSR count). The number of aromatic nitrogens is 1. The number of rotatable bonds is 7. The first-order valence-corrected chi connectivity index (χ1v) is 10.0. The van der Waals surface area contributed by atoms with Crippen molar-refractivity contribution < 1.29 is 14.7 Å². The second-order valence-corrected chi connectivity index (χ2v) is 8.13. The smallest absolute Gasteiger partial charge is 0.307 e. The number of Topliss-reactive ketones (excluding diaryl/α,β-unsaturated/α-hetero) is 1. The van der Waals surface area contributed by atoms with E-state index >= 15 is 0 Å². The molecule has 1 unspecified atom stereocenters. The van der Waals surface area contributed by atoms with Gasteiger partial charge in [0.05, 0.1) is 12.5 Å². The minimum absolute atomic E-state index is 0.0894. The molecule has 0 aromatic carbocycles. The summed E-state index contributed by atoms with van der Waals surface area (Å²) in [6, 6.07) is 6.18. The molecule has 5 nitrogen and oxygen atoms in total. The Morgan fingerprint density at radius 2 is 2.15 bits per heavy atom. The molecule has 2 aromatic heterocycles. The van der Waals surface area contributed by atoms with Gasteiger partial charge in [-0.3, -0.25) is 14.5 Å². The Balaban J connectivity index is 1.66. The number of carboxylic acids is 1. The van der Waals surface area contributed by atoms with E-state index in [-0.39, 0.29) is 11.7 Å². The van der Waals surface area contributed by atoms with Crippen molar-refractivity contribution in [2.45, 2.75) is 39.7 Å². The predicted octanol–water partition coefficient (Wildman–Crippen LogP) is 3.39. The highest BCUT2D eigenvalue weighted by atomic mass is 32.1. The Kier molecular flexibility index (Phi) is 5.94. The van der Waals surface area contributed by atoms with E-state index in [4.69, 9.17) is 0 Å². The summed E-state index contributed by atoms with van der Waals surface area (Å²) >= 11 is 1.76. The van der Waals surface area contributed by atoms with Crippen molar-refractivity contribution in [3.63, 3.8) is 0 Å². The lowest BCUT2D eigenvalue weighted by Gasteiger charge is -2.29. The van der Waals surface area contributed by atoms with Gasteiger partial charge in [-0.1, -0.05) is 6.07 Å². The Bertz CT molecular complexity index is 779. The molecule has 1 N–H and O–H groups in total. The van der Waals surface area contributed by atoms with Gasteiger partial charge in [-0.25, -0.2) is 0 Å². The van der Waals surface area contributed by atoms with Crippen LogP contribution in [0.4, 0.5) is 0 Å². The summed E-state index contributed by atoms with van der Waals surface area (Å²) in [7, 11) is 0. The Morgan fingerprint density at radius 1 is 1.35 bits per heavy atom. The van der Waals surface area contributed by atoms with Gasteiger partial charge in [0.2, 0.25) is 0 Å². The van der Waals surface area contributed by atoms with E-state index in [9.17, 15) is 14.7 Å². The van der Waals surface area contributed by atoms with Crippen LogP contribution < -0.4 is 0 Å². The number of carbonyl (C=O) groups is 2. The van der Waals surface area contributed by atoms with Gasteiger partial charge in [0.15, 0.2) is 5.78 Å². The maximum Gasteiger partial charge on any atom is 0.307 e. The molecule has 0 radical (unpaired) electrons. The standard InChI is InChI=1S/C20H26N2O3S/c1-14-11-18(15(2)22(14)9-7-17-6-4-10-26-17)19(23)13-21-8-3-5-16(12-21)20(24)25/h4,6,10-11,16H,3,5,7-9,12-13H2,1-2H3,(H,24,25). The summed E-state index contributed by atoms with van der Waals surface area (Å²) < 4.78 is 2.21. The van der Waals surface area contributed by atoms with Crippen LogP contribution >= 0.6 is 11.3 Å². The average Bonchev–Trinajstić information content (AvgIpc) is 3.22. The van der Waals surface area contributed by atoms with Crippen molar-refractivity contribution >= 4 is 23.1 Å². The van der Waals surface area contributed by atoms with Gasteiger partial charge < -0.3 is 9.67 Å². The topological polar surface area (TPSA) is 62.5 Å². The van der Waals surface area contributed by atoms with Crippen molar-refractivity contribution in [2.75, 3.05) is 19.6 Å². The molecule has 1 aliphatic heterocycles. The van der Waals surface area contributed by atoms with E-state index in [1.165, 1.54) is 4.88 Å². The predicted molar refractivity (Wildman–Crippen MR) is 103 cm³/mol. The van der Waals surface area contributed by atoms with E-state index in [1.54, 1.807) is 11.3 Å². The summed E-state index contributed by atoms with van der Waals surface area (Å²) in [6.07, 6.45) is 2.51. The van der Waals surface area contributed by atoms with Crippen LogP contribution in [-0.4, -0.2) is 46.0 Å². The fourth-order valence-electron chi connectivity index (χ4n) is 3.79. The summed E-state index contributed by atoms with van der Waals surface area (Å²) in [5.41, 5.74) is 2.88. The van der Waals surface area contributed by atoms with Gasteiger partial charge in [-0.2, -0.15) is 0 Å². The number of likely N-dealkylation sites (tertiary alicyclic amines) is 1. The van der Waals surface area contributed by atoms with Crippen LogP contribution in [0.2, 0.25) is 0 Å². The number of hydrogen-bond donors (Lipinski definition) is 1. The number of thiophene rings is 1. The molecule has 0 saturated carbocycles. The molecule has 0 aliphatic carbocycles. The third-order valence-corrected chi connectivity index (χ3v) is 6.19. The minimum Gasteiger partial charge on any atom is -0.481 e. The molecule has 1 atom stereocenters. The number of carboxylic acid groups (broad SMARTS) is 1. The molecule has 1 fully saturated rings.